The summed E-state index contributed by atoms with van der Waals surface area (Å²) >= 11 is 2.05. The molecule has 1 aromatic rings. The lowest BCUT2D eigenvalue weighted by Crippen LogP contribution is -2.30. The topological polar surface area (TPSA) is 50.9 Å². The van der Waals surface area contributed by atoms with E-state index in [0.717, 1.165) is 11.0 Å². The molecule has 3 N–H and O–H groups in total. The number of hydrazine groups is 1. The number of pyridine rings is 1. The molecule has 4 heteroatoms. The third-order valence-electron chi connectivity index (χ3n) is 3.46. The summed E-state index contributed by atoms with van der Waals surface area (Å²) in [5, 5.41) is 0.836. The molecule has 1 aliphatic carbocycles. The van der Waals surface area contributed by atoms with Crippen molar-refractivity contribution in [3.05, 3.63) is 29.6 Å². The van der Waals surface area contributed by atoms with Crippen LogP contribution in [-0.2, 0) is 0 Å². The molecular weight excluding hydrogens is 230 g/mol. The van der Waals surface area contributed by atoms with Gasteiger partial charge in [0.15, 0.2) is 0 Å². The van der Waals surface area contributed by atoms with Crippen LogP contribution >= 0.6 is 11.8 Å². The molecule has 0 bridgehead atoms. The second-order valence-corrected chi connectivity index (χ2v) is 6.02. The number of nitrogens with two attached hydrogens (primary N) is 1. The summed E-state index contributed by atoms with van der Waals surface area (Å²) in [6.45, 7) is 2.11. The van der Waals surface area contributed by atoms with Crippen molar-refractivity contribution >= 4 is 11.8 Å². The van der Waals surface area contributed by atoms with Crippen molar-refractivity contribution in [1.82, 2.24) is 10.4 Å². The van der Waals surface area contributed by atoms with Crippen LogP contribution in [0.2, 0.25) is 0 Å². The van der Waals surface area contributed by atoms with Crippen molar-refractivity contribution < 1.29 is 0 Å². The maximum atomic E-state index is 5.67. The van der Waals surface area contributed by atoms with E-state index in [1.54, 1.807) is 0 Å². The van der Waals surface area contributed by atoms with Crippen LogP contribution in [0.4, 0.5) is 0 Å². The van der Waals surface area contributed by atoms with Crippen LogP contribution in [0.1, 0.15) is 42.9 Å². The van der Waals surface area contributed by atoms with E-state index < -0.39 is 0 Å². The first-order valence-corrected chi connectivity index (χ1v) is 7.34. The molecule has 0 spiro atoms. The molecule has 0 radical (unpaired) electrons. The lowest BCUT2D eigenvalue weighted by Gasteiger charge is -2.19. The van der Waals surface area contributed by atoms with Crippen LogP contribution in [0.15, 0.2) is 18.5 Å². The quantitative estimate of drug-likeness (QED) is 0.624. The number of hydrogen-bond donors (Lipinski definition) is 2. The van der Waals surface area contributed by atoms with E-state index in [4.69, 9.17) is 5.84 Å². The van der Waals surface area contributed by atoms with E-state index in [0.29, 0.717) is 0 Å². The van der Waals surface area contributed by atoms with Gasteiger partial charge in [-0.1, -0.05) is 12.8 Å². The van der Waals surface area contributed by atoms with Crippen molar-refractivity contribution in [3.8, 4) is 0 Å². The summed E-state index contributed by atoms with van der Waals surface area (Å²) in [5.74, 6) is 6.70. The molecule has 1 heterocycles. The van der Waals surface area contributed by atoms with Gasteiger partial charge in [0.2, 0.25) is 0 Å². The number of aromatic nitrogens is 1. The van der Waals surface area contributed by atoms with Crippen molar-refractivity contribution in [3.63, 3.8) is 0 Å². The number of nitrogens with zero attached hydrogens (tertiary/aromatic N) is 1. The van der Waals surface area contributed by atoms with Gasteiger partial charge in [-0.05, 0) is 37.0 Å². The Hall–Kier alpha value is -0.580. The highest BCUT2D eigenvalue weighted by molar-refractivity contribution is 7.99. The second-order valence-electron chi connectivity index (χ2n) is 4.69. The van der Waals surface area contributed by atoms with Gasteiger partial charge in [-0.25, -0.2) is 0 Å². The standard InChI is InChI=1S/C13H21N3S/c1-10-6-7-15-8-12(10)13(16-14)9-17-11-4-2-3-5-11/h6-8,11,13,16H,2-5,9,14H2,1H3. The highest BCUT2D eigenvalue weighted by Gasteiger charge is 2.19. The molecule has 1 aliphatic rings. The number of hydrogen-bond acceptors (Lipinski definition) is 4. The number of aryl methyl sites for hydroxylation is 1. The Bertz CT molecular complexity index is 350. The van der Waals surface area contributed by atoms with Crippen molar-refractivity contribution in [2.24, 2.45) is 5.84 Å². The van der Waals surface area contributed by atoms with Crippen LogP contribution in [0.3, 0.4) is 0 Å². The van der Waals surface area contributed by atoms with Crippen LogP contribution < -0.4 is 11.3 Å². The van der Waals surface area contributed by atoms with E-state index >= 15 is 0 Å². The van der Waals surface area contributed by atoms with E-state index in [1.165, 1.54) is 36.8 Å². The predicted octanol–water partition coefficient (Wildman–Crippen LogP) is 2.57. The Balaban J connectivity index is 1.94. The average Bonchev–Trinajstić information content (AvgIpc) is 2.85. The molecule has 2 rings (SSSR count). The molecule has 1 fully saturated rings. The minimum absolute atomic E-state index is 0.217. The highest BCUT2D eigenvalue weighted by Crippen LogP contribution is 2.32. The van der Waals surface area contributed by atoms with E-state index in [9.17, 15) is 0 Å². The smallest absolute Gasteiger partial charge is 0.0568 e. The molecule has 1 saturated carbocycles. The minimum Gasteiger partial charge on any atom is -0.271 e. The SMILES string of the molecule is Cc1ccncc1C(CSC1CCCC1)NN. The van der Waals surface area contributed by atoms with Crippen molar-refractivity contribution in [2.75, 3.05) is 5.75 Å². The molecule has 1 atom stereocenters. The largest absolute Gasteiger partial charge is 0.271 e. The van der Waals surface area contributed by atoms with Gasteiger partial charge < -0.3 is 0 Å². The van der Waals surface area contributed by atoms with Crippen LogP contribution in [-0.4, -0.2) is 16.0 Å². The predicted molar refractivity (Wildman–Crippen MR) is 73.8 cm³/mol. The van der Waals surface area contributed by atoms with E-state index in [-0.39, 0.29) is 6.04 Å². The first kappa shape index (κ1) is 12.9. The number of nitrogens with one attached hydrogen (secondary N) is 1. The highest BCUT2D eigenvalue weighted by atomic mass is 32.2. The van der Waals surface area contributed by atoms with Gasteiger partial charge in [0.1, 0.15) is 0 Å². The lowest BCUT2D eigenvalue weighted by atomic mass is 10.1. The fourth-order valence-corrected chi connectivity index (χ4v) is 3.76. The van der Waals surface area contributed by atoms with Gasteiger partial charge in [-0.15, -0.1) is 0 Å². The second kappa shape index (κ2) is 6.38. The molecule has 0 aromatic carbocycles. The van der Waals surface area contributed by atoms with E-state index in [2.05, 4.69) is 17.3 Å². The molecule has 0 aliphatic heterocycles. The zero-order chi connectivity index (χ0) is 12.1. The van der Waals surface area contributed by atoms with Crippen LogP contribution in [0, 0.1) is 6.92 Å². The average molecular weight is 251 g/mol. The molecule has 94 valence electrons. The Morgan fingerprint density at radius 1 is 1.53 bits per heavy atom. The van der Waals surface area contributed by atoms with Crippen molar-refractivity contribution in [1.29, 1.82) is 0 Å². The summed E-state index contributed by atoms with van der Waals surface area (Å²) in [6, 6.07) is 2.26. The fraction of sp³-hybridized carbons (Fsp3) is 0.615. The lowest BCUT2D eigenvalue weighted by molar-refractivity contribution is 0.604. The van der Waals surface area contributed by atoms with Gasteiger partial charge in [0.05, 0.1) is 6.04 Å². The van der Waals surface area contributed by atoms with Gasteiger partial charge in [0, 0.05) is 23.4 Å². The summed E-state index contributed by atoms with van der Waals surface area (Å²) < 4.78 is 0. The maximum Gasteiger partial charge on any atom is 0.0568 e. The van der Waals surface area contributed by atoms with Gasteiger partial charge in [-0.2, -0.15) is 11.8 Å². The zero-order valence-electron chi connectivity index (χ0n) is 10.4. The molecule has 3 nitrogen and oxygen atoms in total. The van der Waals surface area contributed by atoms with Crippen LogP contribution in [0.25, 0.3) is 0 Å². The molecular formula is C13H21N3S. The summed E-state index contributed by atoms with van der Waals surface area (Å²) in [7, 11) is 0. The van der Waals surface area contributed by atoms with Gasteiger partial charge in [0.25, 0.3) is 0 Å². The van der Waals surface area contributed by atoms with Gasteiger partial charge in [-0.3, -0.25) is 16.3 Å². The number of thioether (sulfide) groups is 1. The first-order chi connectivity index (χ1) is 8.31. The normalized spacial score (nSPS) is 18.5. The Kier molecular flexibility index (Phi) is 4.83. The maximum absolute atomic E-state index is 5.67. The van der Waals surface area contributed by atoms with E-state index in [1.807, 2.05) is 30.2 Å². The van der Waals surface area contributed by atoms with Gasteiger partial charge >= 0.3 is 0 Å². The molecule has 0 amide bonds. The summed E-state index contributed by atoms with van der Waals surface area (Å²) in [4.78, 5) is 4.19. The fourth-order valence-electron chi connectivity index (χ4n) is 2.36. The Morgan fingerprint density at radius 2 is 2.29 bits per heavy atom. The van der Waals surface area contributed by atoms with Crippen LogP contribution in [0.5, 0.6) is 0 Å². The summed E-state index contributed by atoms with van der Waals surface area (Å²) in [6.07, 6.45) is 9.28. The third-order valence-corrected chi connectivity index (χ3v) is 4.93. The first-order valence-electron chi connectivity index (χ1n) is 6.29. The Morgan fingerprint density at radius 3 is 2.94 bits per heavy atom. The zero-order valence-corrected chi connectivity index (χ0v) is 11.2. The molecule has 17 heavy (non-hydrogen) atoms. The molecule has 1 aromatic heterocycles. The molecule has 1 unspecified atom stereocenters. The monoisotopic (exact) mass is 251 g/mol. The Labute approximate surface area is 108 Å². The van der Waals surface area contributed by atoms with Crippen molar-refractivity contribution in [2.45, 2.75) is 43.9 Å². The summed E-state index contributed by atoms with van der Waals surface area (Å²) in [5.41, 5.74) is 5.40. The third kappa shape index (κ3) is 3.44. The minimum atomic E-state index is 0.217. The molecule has 0 saturated heterocycles. The number of rotatable bonds is 5.